The molecule has 1 fully saturated rings. The number of hydrogen-bond donors (Lipinski definition) is 0. The second-order valence-electron chi connectivity index (χ2n) is 5.64. The first kappa shape index (κ1) is 13.9. The van der Waals surface area contributed by atoms with Crippen molar-refractivity contribution in [1.29, 1.82) is 0 Å². The first-order valence-corrected chi connectivity index (χ1v) is 7.55. The van der Waals surface area contributed by atoms with E-state index in [2.05, 4.69) is 0 Å². The highest BCUT2D eigenvalue weighted by Gasteiger charge is 2.15. The van der Waals surface area contributed by atoms with Crippen LogP contribution in [0.3, 0.4) is 0 Å². The van der Waals surface area contributed by atoms with Gasteiger partial charge in [0.05, 0.1) is 12.3 Å². The lowest BCUT2D eigenvalue weighted by Crippen LogP contribution is -2.29. The van der Waals surface area contributed by atoms with Crippen LogP contribution in [-0.4, -0.2) is 16.5 Å². The largest absolute Gasteiger partial charge is 0.459 e. The van der Waals surface area contributed by atoms with Crippen LogP contribution >= 0.6 is 0 Å². The highest BCUT2D eigenvalue weighted by molar-refractivity contribution is 5.93. The quantitative estimate of drug-likeness (QED) is 0.849. The Balaban J connectivity index is 2.00. The molecule has 3 rings (SSSR count). The van der Waals surface area contributed by atoms with E-state index in [1.54, 1.807) is 22.9 Å². The van der Waals surface area contributed by atoms with Crippen LogP contribution < -0.4 is 5.49 Å². The van der Waals surface area contributed by atoms with Crippen LogP contribution in [0, 0.1) is 6.92 Å². The molecule has 4 heteroatoms. The monoisotopic (exact) mass is 284 g/mol. The van der Waals surface area contributed by atoms with Gasteiger partial charge in [-0.1, -0.05) is 19.3 Å². The minimum atomic E-state index is -0.172. The second-order valence-corrected chi connectivity index (χ2v) is 5.64. The lowest BCUT2D eigenvalue weighted by molar-refractivity contribution is 0.0926. The predicted molar refractivity (Wildman–Crippen MR) is 80.0 cm³/mol. The Morgan fingerprint density at radius 1 is 1.29 bits per heavy atom. The van der Waals surface area contributed by atoms with Crippen molar-refractivity contribution in [3.63, 3.8) is 0 Å². The van der Waals surface area contributed by atoms with E-state index in [1.165, 1.54) is 25.5 Å². The fourth-order valence-electron chi connectivity index (χ4n) is 2.78. The first-order valence-electron chi connectivity index (χ1n) is 7.55. The third kappa shape index (κ3) is 3.15. The lowest BCUT2D eigenvalue weighted by Gasteiger charge is -2.17. The first-order chi connectivity index (χ1) is 10.2. The maximum absolute atomic E-state index is 12.5. The van der Waals surface area contributed by atoms with Gasteiger partial charge < -0.3 is 4.42 Å². The summed E-state index contributed by atoms with van der Waals surface area (Å²) in [5, 5.41) is 0. The fraction of sp³-hybridized carbons (Fsp3) is 0.412. The summed E-state index contributed by atoms with van der Waals surface area (Å²) in [4.78, 5) is 17.3. The Hall–Kier alpha value is -2.10. The molecule has 0 amide bonds. The van der Waals surface area contributed by atoms with Gasteiger partial charge >= 0.3 is 0 Å². The molecule has 0 radical (unpaired) electrons. The summed E-state index contributed by atoms with van der Waals surface area (Å²) in [6.07, 6.45) is 9.27. The number of aryl methyl sites for hydroxylation is 1. The highest BCUT2D eigenvalue weighted by atomic mass is 16.3. The molecule has 2 heterocycles. The maximum Gasteiger partial charge on any atom is 0.299 e. The zero-order valence-corrected chi connectivity index (χ0v) is 12.3. The molecule has 0 unspecified atom stereocenters. The Bertz CT molecular complexity index is 677. The number of carbonyl (C=O) groups excluding carboxylic acids is 1. The molecule has 110 valence electrons. The zero-order valence-electron chi connectivity index (χ0n) is 12.3. The molecule has 1 saturated carbocycles. The van der Waals surface area contributed by atoms with Gasteiger partial charge in [0, 0.05) is 6.20 Å². The number of nitrogens with zero attached hydrogens (tertiary/aromatic N) is 2. The van der Waals surface area contributed by atoms with Crippen LogP contribution in [0.25, 0.3) is 0 Å². The van der Waals surface area contributed by atoms with E-state index in [1.807, 2.05) is 19.1 Å². The molecule has 0 saturated heterocycles. The van der Waals surface area contributed by atoms with Gasteiger partial charge in [0.2, 0.25) is 0 Å². The SMILES string of the molecule is Cc1ccn(C(=O)c2ccco2)c(=NC2CCCCC2)c1. The highest BCUT2D eigenvalue weighted by Crippen LogP contribution is 2.19. The summed E-state index contributed by atoms with van der Waals surface area (Å²) in [5.41, 5.74) is 1.83. The topological polar surface area (TPSA) is 47.5 Å². The summed E-state index contributed by atoms with van der Waals surface area (Å²) in [6.45, 7) is 2.02. The van der Waals surface area contributed by atoms with E-state index in [-0.39, 0.29) is 5.91 Å². The molecule has 0 bridgehead atoms. The van der Waals surface area contributed by atoms with Crippen LogP contribution in [0.15, 0.2) is 46.1 Å². The van der Waals surface area contributed by atoms with Crippen molar-refractivity contribution in [2.24, 2.45) is 4.99 Å². The Morgan fingerprint density at radius 2 is 2.10 bits per heavy atom. The Kier molecular flexibility index (Phi) is 4.04. The third-order valence-electron chi connectivity index (χ3n) is 3.93. The van der Waals surface area contributed by atoms with Gasteiger partial charge in [-0.15, -0.1) is 0 Å². The number of hydrogen-bond acceptors (Lipinski definition) is 3. The summed E-state index contributed by atoms with van der Waals surface area (Å²) in [6, 6.07) is 7.62. The Morgan fingerprint density at radius 3 is 2.81 bits per heavy atom. The molecule has 2 aromatic rings. The number of pyridine rings is 1. The maximum atomic E-state index is 12.5. The van der Waals surface area contributed by atoms with Crippen molar-refractivity contribution in [3.05, 3.63) is 53.5 Å². The summed E-state index contributed by atoms with van der Waals surface area (Å²) >= 11 is 0. The molecule has 0 spiro atoms. The zero-order chi connectivity index (χ0) is 14.7. The molecule has 1 aliphatic rings. The van der Waals surface area contributed by atoms with Crippen molar-refractivity contribution in [1.82, 2.24) is 4.57 Å². The van der Waals surface area contributed by atoms with Gasteiger partial charge in [0.25, 0.3) is 5.91 Å². The summed E-state index contributed by atoms with van der Waals surface area (Å²) in [7, 11) is 0. The van der Waals surface area contributed by atoms with Gasteiger partial charge in [-0.25, -0.2) is 0 Å². The van der Waals surface area contributed by atoms with Crippen molar-refractivity contribution < 1.29 is 9.21 Å². The number of carbonyl (C=O) groups is 1. The van der Waals surface area contributed by atoms with E-state index in [4.69, 9.17) is 9.41 Å². The molecule has 0 aromatic carbocycles. The van der Waals surface area contributed by atoms with Crippen LogP contribution in [0.2, 0.25) is 0 Å². The lowest BCUT2D eigenvalue weighted by atomic mass is 9.96. The molecule has 4 nitrogen and oxygen atoms in total. The normalized spacial score (nSPS) is 17.1. The average molecular weight is 284 g/mol. The number of furan rings is 1. The van der Waals surface area contributed by atoms with E-state index in [0.29, 0.717) is 11.8 Å². The molecular formula is C17H20N2O2. The molecule has 0 N–H and O–H groups in total. The number of aromatic nitrogens is 1. The standard InChI is InChI=1S/C17H20N2O2/c1-13-9-10-19(17(20)15-8-5-11-21-15)16(12-13)18-14-6-3-2-4-7-14/h5,8-12,14H,2-4,6-7H2,1H3. The summed E-state index contributed by atoms with van der Waals surface area (Å²) < 4.78 is 6.80. The van der Waals surface area contributed by atoms with Gasteiger partial charge in [0.1, 0.15) is 5.49 Å². The van der Waals surface area contributed by atoms with Crippen LogP contribution in [0.4, 0.5) is 0 Å². The van der Waals surface area contributed by atoms with Gasteiger partial charge in [0.15, 0.2) is 5.76 Å². The van der Waals surface area contributed by atoms with Crippen LogP contribution in [0.5, 0.6) is 0 Å². The molecular weight excluding hydrogens is 264 g/mol. The fourth-order valence-corrected chi connectivity index (χ4v) is 2.78. The molecule has 21 heavy (non-hydrogen) atoms. The van der Waals surface area contributed by atoms with Crippen molar-refractivity contribution in [2.45, 2.75) is 45.1 Å². The van der Waals surface area contributed by atoms with Gasteiger partial charge in [-0.05, 0) is 49.6 Å². The molecule has 0 aliphatic heterocycles. The predicted octanol–water partition coefficient (Wildman–Crippen LogP) is 3.31. The summed E-state index contributed by atoms with van der Waals surface area (Å²) in [5.74, 6) is 0.165. The van der Waals surface area contributed by atoms with Crippen LogP contribution in [0.1, 0.15) is 48.2 Å². The van der Waals surface area contributed by atoms with Crippen LogP contribution in [-0.2, 0) is 0 Å². The van der Waals surface area contributed by atoms with E-state index < -0.39 is 0 Å². The van der Waals surface area contributed by atoms with Crippen molar-refractivity contribution in [2.75, 3.05) is 0 Å². The average Bonchev–Trinajstić information content (AvgIpc) is 3.02. The number of rotatable bonds is 2. The molecule has 2 aromatic heterocycles. The second kappa shape index (κ2) is 6.12. The molecule has 1 aliphatic carbocycles. The van der Waals surface area contributed by atoms with Crippen molar-refractivity contribution in [3.8, 4) is 0 Å². The van der Waals surface area contributed by atoms with E-state index in [0.717, 1.165) is 23.9 Å². The molecule has 0 atom stereocenters. The minimum absolute atomic E-state index is 0.172. The van der Waals surface area contributed by atoms with Gasteiger partial charge in [-0.3, -0.25) is 14.4 Å². The third-order valence-corrected chi connectivity index (χ3v) is 3.93. The smallest absolute Gasteiger partial charge is 0.299 e. The van der Waals surface area contributed by atoms with Crippen molar-refractivity contribution >= 4 is 5.91 Å². The van der Waals surface area contributed by atoms with E-state index >= 15 is 0 Å². The minimum Gasteiger partial charge on any atom is -0.459 e. The van der Waals surface area contributed by atoms with E-state index in [9.17, 15) is 4.79 Å². The van der Waals surface area contributed by atoms with Gasteiger partial charge in [-0.2, -0.15) is 0 Å². The Labute approximate surface area is 124 Å².